The van der Waals surface area contributed by atoms with Crippen LogP contribution in [0.1, 0.15) is 181 Å². The maximum atomic E-state index is 12.7. The summed E-state index contributed by atoms with van der Waals surface area (Å²) >= 11 is 0. The molecule has 0 spiro atoms. The van der Waals surface area contributed by atoms with Crippen molar-refractivity contribution in [3.63, 3.8) is 0 Å². The molecule has 0 fully saturated rings. The Labute approximate surface area is 383 Å². The van der Waals surface area contributed by atoms with Crippen LogP contribution in [0.25, 0.3) is 0 Å². The van der Waals surface area contributed by atoms with Crippen LogP contribution in [0.5, 0.6) is 0 Å². The maximum Gasteiger partial charge on any atom is 0.472 e. The van der Waals surface area contributed by atoms with Gasteiger partial charge in [0.25, 0.3) is 0 Å². The third-order valence-electron chi connectivity index (χ3n) is 9.73. The van der Waals surface area contributed by atoms with Gasteiger partial charge in [0.2, 0.25) is 0 Å². The number of rotatable bonds is 44. The van der Waals surface area contributed by atoms with Crippen LogP contribution in [0.4, 0.5) is 0 Å². The Hall–Kier alpha value is -3.11. The molecule has 0 aliphatic carbocycles. The lowest BCUT2D eigenvalue weighted by Crippen LogP contribution is -2.29. The van der Waals surface area contributed by atoms with E-state index in [1.54, 1.807) is 0 Å². The van der Waals surface area contributed by atoms with Crippen molar-refractivity contribution in [3.05, 3.63) is 97.2 Å². The Morgan fingerprint density at radius 2 is 0.825 bits per heavy atom. The predicted octanol–water partition coefficient (Wildman–Crippen LogP) is 13.6. The SMILES string of the molecule is CC/C=C\C/C=C\C/C=C\C/C=C\CCCCCCCCCCCCC(=O)OC(COC(=O)CCCCCC/C=C\C/C=C\C/C=C\C/C=C\CC)COP(=O)(O)OCC(O)CO. The van der Waals surface area contributed by atoms with Crippen LogP contribution < -0.4 is 0 Å². The fraction of sp³-hybridized carbons (Fsp3) is 0.654. The van der Waals surface area contributed by atoms with Gasteiger partial charge in [-0.3, -0.25) is 18.6 Å². The largest absolute Gasteiger partial charge is 0.472 e. The van der Waals surface area contributed by atoms with Gasteiger partial charge in [0.1, 0.15) is 12.7 Å². The fourth-order valence-corrected chi connectivity index (χ4v) is 6.88. The summed E-state index contributed by atoms with van der Waals surface area (Å²) in [5, 5.41) is 18.4. The summed E-state index contributed by atoms with van der Waals surface area (Å²) in [6.45, 7) is 2.12. The molecule has 0 heterocycles. The van der Waals surface area contributed by atoms with Crippen LogP contribution in [0.15, 0.2) is 97.2 Å². The first-order valence-electron chi connectivity index (χ1n) is 24.2. The number of hydrogen-bond donors (Lipinski definition) is 3. The summed E-state index contributed by atoms with van der Waals surface area (Å²) in [4.78, 5) is 35.1. The van der Waals surface area contributed by atoms with Gasteiger partial charge in [-0.15, -0.1) is 0 Å². The molecule has 0 radical (unpaired) electrons. The Balaban J connectivity index is 4.27. The monoisotopic (exact) mass is 903 g/mol. The third-order valence-corrected chi connectivity index (χ3v) is 10.7. The molecule has 3 atom stereocenters. The highest BCUT2D eigenvalue weighted by molar-refractivity contribution is 7.47. The number of phosphoric acid groups is 1. The van der Waals surface area contributed by atoms with Crippen LogP contribution in [0.3, 0.4) is 0 Å². The molecule has 3 unspecified atom stereocenters. The molecule has 0 bridgehead atoms. The van der Waals surface area contributed by atoms with Gasteiger partial charge < -0.3 is 24.6 Å². The molecule has 3 N–H and O–H groups in total. The summed E-state index contributed by atoms with van der Waals surface area (Å²) in [5.74, 6) is -0.964. The molecule has 0 aromatic heterocycles. The molecule has 0 saturated carbocycles. The fourth-order valence-electron chi connectivity index (χ4n) is 6.09. The summed E-state index contributed by atoms with van der Waals surface area (Å²) in [6.07, 6.45) is 58.0. The Bertz CT molecular complexity index is 1360. The number of esters is 2. The quantitative estimate of drug-likeness (QED) is 0.0233. The molecular formula is C52H87O10P. The van der Waals surface area contributed by atoms with Gasteiger partial charge in [-0.05, 0) is 89.9 Å². The van der Waals surface area contributed by atoms with Crippen molar-refractivity contribution in [1.29, 1.82) is 0 Å². The molecule has 11 heteroatoms. The van der Waals surface area contributed by atoms with E-state index in [2.05, 4.69) is 111 Å². The number of carbonyl (C=O) groups excluding carboxylic acids is 2. The van der Waals surface area contributed by atoms with Crippen molar-refractivity contribution in [2.75, 3.05) is 26.4 Å². The third kappa shape index (κ3) is 46.7. The van der Waals surface area contributed by atoms with Crippen LogP contribution in [0.2, 0.25) is 0 Å². The predicted molar refractivity (Wildman–Crippen MR) is 260 cm³/mol. The highest BCUT2D eigenvalue weighted by Crippen LogP contribution is 2.43. The van der Waals surface area contributed by atoms with Crippen molar-refractivity contribution in [2.24, 2.45) is 0 Å². The Morgan fingerprint density at radius 1 is 0.476 bits per heavy atom. The van der Waals surface area contributed by atoms with E-state index in [1.807, 2.05) is 0 Å². The van der Waals surface area contributed by atoms with Gasteiger partial charge in [-0.2, -0.15) is 0 Å². The molecule has 0 aliphatic heterocycles. The summed E-state index contributed by atoms with van der Waals surface area (Å²) < 4.78 is 32.8. The molecule has 0 aliphatic rings. The van der Waals surface area contributed by atoms with Crippen molar-refractivity contribution < 1.29 is 47.8 Å². The first kappa shape index (κ1) is 59.9. The van der Waals surface area contributed by atoms with Crippen LogP contribution in [-0.2, 0) is 32.7 Å². The molecule has 0 aromatic rings. The minimum Gasteiger partial charge on any atom is -0.462 e. The average Bonchev–Trinajstić information content (AvgIpc) is 3.27. The summed E-state index contributed by atoms with van der Waals surface area (Å²) in [5.41, 5.74) is 0. The maximum absolute atomic E-state index is 12.7. The van der Waals surface area contributed by atoms with E-state index in [9.17, 15) is 24.2 Å². The van der Waals surface area contributed by atoms with Gasteiger partial charge in [0.15, 0.2) is 6.10 Å². The number of aliphatic hydroxyl groups is 2. The summed E-state index contributed by atoms with van der Waals surface area (Å²) in [7, 11) is -4.64. The molecule has 360 valence electrons. The number of unbranched alkanes of at least 4 members (excludes halogenated alkanes) is 14. The number of aliphatic hydroxyl groups excluding tert-OH is 2. The van der Waals surface area contributed by atoms with E-state index in [-0.39, 0.29) is 19.4 Å². The second kappa shape index (κ2) is 46.9. The number of phosphoric ester groups is 1. The highest BCUT2D eigenvalue weighted by Gasteiger charge is 2.27. The minimum atomic E-state index is -4.64. The lowest BCUT2D eigenvalue weighted by atomic mass is 10.0. The van der Waals surface area contributed by atoms with Gasteiger partial charge in [-0.1, -0.05) is 175 Å². The molecular weight excluding hydrogens is 816 g/mol. The van der Waals surface area contributed by atoms with E-state index in [0.717, 1.165) is 103 Å². The van der Waals surface area contributed by atoms with Crippen LogP contribution >= 0.6 is 7.82 Å². The van der Waals surface area contributed by atoms with Crippen molar-refractivity contribution in [1.82, 2.24) is 0 Å². The van der Waals surface area contributed by atoms with Gasteiger partial charge in [0.05, 0.1) is 19.8 Å². The van der Waals surface area contributed by atoms with Crippen molar-refractivity contribution in [3.8, 4) is 0 Å². The molecule has 0 rings (SSSR count). The second-order valence-electron chi connectivity index (χ2n) is 15.7. The highest BCUT2D eigenvalue weighted by atomic mass is 31.2. The lowest BCUT2D eigenvalue weighted by molar-refractivity contribution is -0.161. The van der Waals surface area contributed by atoms with Crippen LogP contribution in [0, 0.1) is 0 Å². The van der Waals surface area contributed by atoms with Gasteiger partial charge in [0, 0.05) is 12.8 Å². The second-order valence-corrected chi connectivity index (χ2v) is 17.2. The zero-order chi connectivity index (χ0) is 46.2. The Kier molecular flexibility index (Phi) is 44.6. The van der Waals surface area contributed by atoms with Crippen molar-refractivity contribution in [2.45, 2.75) is 193 Å². The van der Waals surface area contributed by atoms with Crippen molar-refractivity contribution >= 4 is 19.8 Å². The minimum absolute atomic E-state index is 0.167. The molecule has 0 aromatic carbocycles. The standard InChI is InChI=1S/C52H87O10P/c1-3-5-7-9-11-13-15-17-19-21-22-23-24-25-26-28-30-32-34-36-38-40-42-44-52(56)62-50(48-61-63(57,58)60-46-49(54)45-53)47-59-51(55)43-41-39-37-35-33-31-29-27-20-18-16-14-12-10-8-6-4-2/h5-8,11-14,17-20,22-23,29,31,49-50,53-54H,3-4,9-10,15-16,21,24-28,30,32-48H2,1-2H3,(H,57,58)/b7-5-,8-6-,13-11-,14-12-,19-17-,20-18-,23-22-,31-29-. The smallest absolute Gasteiger partial charge is 0.462 e. The van der Waals surface area contributed by atoms with E-state index >= 15 is 0 Å². The molecule has 0 saturated heterocycles. The first-order chi connectivity index (χ1) is 30.7. The summed E-state index contributed by atoms with van der Waals surface area (Å²) in [6, 6.07) is 0. The van der Waals surface area contributed by atoms with Crippen LogP contribution in [-0.4, -0.2) is 65.7 Å². The molecule has 0 amide bonds. The normalized spacial score (nSPS) is 14.6. The first-order valence-corrected chi connectivity index (χ1v) is 25.7. The number of ether oxygens (including phenoxy) is 2. The Morgan fingerprint density at radius 3 is 1.24 bits per heavy atom. The number of allylic oxidation sites excluding steroid dienone is 16. The van der Waals surface area contributed by atoms with Gasteiger partial charge in [-0.25, -0.2) is 4.57 Å². The lowest BCUT2D eigenvalue weighted by Gasteiger charge is -2.20. The van der Waals surface area contributed by atoms with E-state index in [0.29, 0.717) is 12.8 Å². The zero-order valence-corrected chi connectivity index (χ0v) is 40.1. The molecule has 10 nitrogen and oxygen atoms in total. The van der Waals surface area contributed by atoms with E-state index < -0.39 is 51.8 Å². The number of hydrogen-bond acceptors (Lipinski definition) is 9. The average molecular weight is 903 g/mol. The number of carbonyl (C=O) groups is 2. The molecule has 63 heavy (non-hydrogen) atoms. The zero-order valence-electron chi connectivity index (χ0n) is 39.3. The van der Waals surface area contributed by atoms with E-state index in [1.165, 1.54) is 38.5 Å². The topological polar surface area (TPSA) is 149 Å². The van der Waals surface area contributed by atoms with E-state index in [4.69, 9.17) is 23.6 Å². The van der Waals surface area contributed by atoms with Gasteiger partial charge >= 0.3 is 19.8 Å².